The van der Waals surface area contributed by atoms with Gasteiger partial charge in [0, 0.05) is 13.1 Å². The molecule has 1 saturated heterocycles. The molecule has 2 aliphatic rings. The SMILES string of the molecule is O=C(OCc1ccccc1)N1CCC(C2CCCC2)CC1. The van der Waals surface area contributed by atoms with Crippen LogP contribution in [0.25, 0.3) is 0 Å². The fourth-order valence-electron chi connectivity index (χ4n) is 3.79. The van der Waals surface area contributed by atoms with Gasteiger partial charge in [-0.3, -0.25) is 0 Å². The van der Waals surface area contributed by atoms with E-state index in [1.54, 1.807) is 0 Å². The molecule has 3 nitrogen and oxygen atoms in total. The van der Waals surface area contributed by atoms with E-state index in [1.807, 2.05) is 35.2 Å². The maximum absolute atomic E-state index is 12.1. The zero-order valence-electron chi connectivity index (χ0n) is 12.7. The van der Waals surface area contributed by atoms with Crippen molar-refractivity contribution in [1.82, 2.24) is 4.90 Å². The maximum Gasteiger partial charge on any atom is 0.410 e. The lowest BCUT2D eigenvalue weighted by Crippen LogP contribution is -2.40. The predicted molar refractivity (Wildman–Crippen MR) is 82.9 cm³/mol. The maximum atomic E-state index is 12.1. The molecule has 0 unspecified atom stereocenters. The van der Waals surface area contributed by atoms with Crippen molar-refractivity contribution in [2.75, 3.05) is 13.1 Å². The first kappa shape index (κ1) is 14.4. The summed E-state index contributed by atoms with van der Waals surface area (Å²) in [4.78, 5) is 14.0. The first-order valence-corrected chi connectivity index (χ1v) is 8.28. The van der Waals surface area contributed by atoms with Crippen molar-refractivity contribution in [3.05, 3.63) is 35.9 Å². The summed E-state index contributed by atoms with van der Waals surface area (Å²) >= 11 is 0. The number of benzene rings is 1. The molecule has 0 aromatic heterocycles. The number of rotatable bonds is 3. The number of carbonyl (C=O) groups is 1. The average molecular weight is 287 g/mol. The summed E-state index contributed by atoms with van der Waals surface area (Å²) in [7, 11) is 0. The van der Waals surface area contributed by atoms with Crippen molar-refractivity contribution in [2.24, 2.45) is 11.8 Å². The molecule has 1 heterocycles. The van der Waals surface area contributed by atoms with Crippen LogP contribution < -0.4 is 0 Å². The van der Waals surface area contributed by atoms with E-state index in [1.165, 1.54) is 25.7 Å². The lowest BCUT2D eigenvalue weighted by atomic mass is 9.83. The van der Waals surface area contributed by atoms with Crippen molar-refractivity contribution in [1.29, 1.82) is 0 Å². The van der Waals surface area contributed by atoms with Crippen molar-refractivity contribution >= 4 is 6.09 Å². The van der Waals surface area contributed by atoms with Gasteiger partial charge in [0.25, 0.3) is 0 Å². The standard InChI is InChI=1S/C18H25NO2/c20-18(21-14-15-6-2-1-3-7-15)19-12-10-17(11-13-19)16-8-4-5-9-16/h1-3,6-7,16-17H,4-5,8-14H2. The molecular formula is C18H25NO2. The molecule has 0 atom stereocenters. The van der Waals surface area contributed by atoms with Gasteiger partial charge in [0.15, 0.2) is 0 Å². The second kappa shape index (κ2) is 6.97. The Hall–Kier alpha value is -1.51. The van der Waals surface area contributed by atoms with E-state index >= 15 is 0 Å². The first-order chi connectivity index (χ1) is 10.3. The van der Waals surface area contributed by atoms with Crippen LogP contribution >= 0.6 is 0 Å². The van der Waals surface area contributed by atoms with Crippen LogP contribution in [-0.2, 0) is 11.3 Å². The van der Waals surface area contributed by atoms with E-state index in [2.05, 4.69) is 0 Å². The van der Waals surface area contributed by atoms with Gasteiger partial charge < -0.3 is 9.64 Å². The highest BCUT2D eigenvalue weighted by atomic mass is 16.6. The summed E-state index contributed by atoms with van der Waals surface area (Å²) in [5.74, 6) is 1.76. The van der Waals surface area contributed by atoms with E-state index in [-0.39, 0.29) is 6.09 Å². The third-order valence-corrected chi connectivity index (χ3v) is 5.07. The van der Waals surface area contributed by atoms with Gasteiger partial charge in [-0.25, -0.2) is 4.79 Å². The summed E-state index contributed by atoms with van der Waals surface area (Å²) in [6, 6.07) is 9.88. The minimum Gasteiger partial charge on any atom is -0.445 e. The highest BCUT2D eigenvalue weighted by Gasteiger charge is 2.30. The Balaban J connectivity index is 1.42. The monoisotopic (exact) mass is 287 g/mol. The number of ether oxygens (including phenoxy) is 1. The van der Waals surface area contributed by atoms with Crippen LogP contribution in [0.5, 0.6) is 0 Å². The molecule has 2 fully saturated rings. The molecular weight excluding hydrogens is 262 g/mol. The number of hydrogen-bond acceptors (Lipinski definition) is 2. The van der Waals surface area contributed by atoms with Crippen LogP contribution in [0.4, 0.5) is 4.79 Å². The fourth-order valence-corrected chi connectivity index (χ4v) is 3.79. The highest BCUT2D eigenvalue weighted by molar-refractivity contribution is 5.67. The number of carbonyl (C=O) groups excluding carboxylic acids is 1. The van der Waals surface area contributed by atoms with Gasteiger partial charge >= 0.3 is 6.09 Å². The van der Waals surface area contributed by atoms with Crippen molar-refractivity contribution in [3.63, 3.8) is 0 Å². The second-order valence-electron chi connectivity index (χ2n) is 6.41. The molecule has 3 rings (SSSR count). The van der Waals surface area contributed by atoms with E-state index in [0.29, 0.717) is 6.61 Å². The van der Waals surface area contributed by atoms with Crippen molar-refractivity contribution < 1.29 is 9.53 Å². The lowest BCUT2D eigenvalue weighted by molar-refractivity contribution is 0.0758. The Morgan fingerprint density at radius 2 is 1.62 bits per heavy atom. The summed E-state index contributed by atoms with van der Waals surface area (Å²) in [5, 5.41) is 0. The molecule has 0 spiro atoms. The number of amides is 1. The molecule has 0 N–H and O–H groups in total. The molecule has 1 aromatic carbocycles. The quantitative estimate of drug-likeness (QED) is 0.832. The van der Waals surface area contributed by atoms with Crippen LogP contribution in [0.1, 0.15) is 44.1 Å². The van der Waals surface area contributed by atoms with Gasteiger partial charge in [0.1, 0.15) is 6.61 Å². The third-order valence-electron chi connectivity index (χ3n) is 5.07. The molecule has 1 saturated carbocycles. The van der Waals surface area contributed by atoms with Crippen LogP contribution in [0, 0.1) is 11.8 Å². The Morgan fingerprint density at radius 3 is 2.29 bits per heavy atom. The Kier molecular flexibility index (Phi) is 4.79. The second-order valence-corrected chi connectivity index (χ2v) is 6.41. The Labute approximate surface area is 127 Å². The molecule has 21 heavy (non-hydrogen) atoms. The zero-order chi connectivity index (χ0) is 14.5. The fraction of sp³-hybridized carbons (Fsp3) is 0.611. The molecule has 0 bridgehead atoms. The molecule has 1 aliphatic carbocycles. The molecule has 3 heteroatoms. The normalized spacial score (nSPS) is 20.7. The third kappa shape index (κ3) is 3.78. The molecule has 1 amide bonds. The number of hydrogen-bond donors (Lipinski definition) is 0. The first-order valence-electron chi connectivity index (χ1n) is 8.28. The smallest absolute Gasteiger partial charge is 0.410 e. The summed E-state index contributed by atoms with van der Waals surface area (Å²) in [6.07, 6.45) is 7.79. The lowest BCUT2D eigenvalue weighted by Gasteiger charge is -2.34. The van der Waals surface area contributed by atoms with Gasteiger partial charge in [-0.2, -0.15) is 0 Å². The Morgan fingerprint density at radius 1 is 1.00 bits per heavy atom. The van der Waals surface area contributed by atoms with Crippen LogP contribution in [0.15, 0.2) is 30.3 Å². The molecule has 1 aromatic rings. The van der Waals surface area contributed by atoms with Crippen LogP contribution in [0.3, 0.4) is 0 Å². The predicted octanol–water partition coefficient (Wildman–Crippen LogP) is 4.23. The van der Waals surface area contributed by atoms with Crippen LogP contribution in [-0.4, -0.2) is 24.1 Å². The van der Waals surface area contributed by atoms with E-state index in [4.69, 9.17) is 4.74 Å². The van der Waals surface area contributed by atoms with E-state index in [9.17, 15) is 4.79 Å². The minimum atomic E-state index is -0.149. The molecule has 0 radical (unpaired) electrons. The summed E-state index contributed by atoms with van der Waals surface area (Å²) in [6.45, 7) is 2.12. The van der Waals surface area contributed by atoms with Gasteiger partial charge in [-0.05, 0) is 30.2 Å². The highest BCUT2D eigenvalue weighted by Crippen LogP contribution is 2.36. The van der Waals surface area contributed by atoms with Gasteiger partial charge in [0.2, 0.25) is 0 Å². The van der Waals surface area contributed by atoms with Gasteiger partial charge in [0.05, 0.1) is 0 Å². The van der Waals surface area contributed by atoms with Crippen molar-refractivity contribution in [2.45, 2.75) is 45.1 Å². The van der Waals surface area contributed by atoms with Gasteiger partial charge in [-0.15, -0.1) is 0 Å². The summed E-state index contributed by atoms with van der Waals surface area (Å²) < 4.78 is 5.42. The topological polar surface area (TPSA) is 29.5 Å². The number of piperidine rings is 1. The Bertz CT molecular complexity index is 446. The van der Waals surface area contributed by atoms with E-state index in [0.717, 1.165) is 43.3 Å². The summed E-state index contributed by atoms with van der Waals surface area (Å²) in [5.41, 5.74) is 1.05. The van der Waals surface area contributed by atoms with Crippen molar-refractivity contribution in [3.8, 4) is 0 Å². The number of nitrogens with zero attached hydrogens (tertiary/aromatic N) is 1. The van der Waals surface area contributed by atoms with E-state index < -0.39 is 0 Å². The van der Waals surface area contributed by atoms with Gasteiger partial charge in [-0.1, -0.05) is 56.0 Å². The zero-order valence-corrected chi connectivity index (χ0v) is 12.7. The number of likely N-dealkylation sites (tertiary alicyclic amines) is 1. The minimum absolute atomic E-state index is 0.149. The molecule has 1 aliphatic heterocycles. The average Bonchev–Trinajstić information content (AvgIpc) is 3.08. The largest absolute Gasteiger partial charge is 0.445 e. The van der Waals surface area contributed by atoms with Crippen LogP contribution in [0.2, 0.25) is 0 Å². The molecule has 114 valence electrons.